The molecular weight excluding hydrogens is 383 g/mol. The largest absolute Gasteiger partial charge is 0.416 e. The third kappa shape index (κ3) is 5.99. The van der Waals surface area contributed by atoms with Crippen LogP contribution in [0.4, 0.5) is 18.9 Å². The van der Waals surface area contributed by atoms with Crippen LogP contribution in [0.2, 0.25) is 0 Å². The van der Waals surface area contributed by atoms with Gasteiger partial charge in [0.05, 0.1) is 27.6 Å². The van der Waals surface area contributed by atoms with Gasteiger partial charge < -0.3 is 5.32 Å². The lowest BCUT2D eigenvalue weighted by Gasteiger charge is -2.22. The van der Waals surface area contributed by atoms with E-state index in [1.54, 1.807) is 6.07 Å². The van der Waals surface area contributed by atoms with Gasteiger partial charge >= 0.3 is 6.18 Å². The van der Waals surface area contributed by atoms with Crippen molar-refractivity contribution in [2.24, 2.45) is 0 Å². The van der Waals surface area contributed by atoms with E-state index in [0.29, 0.717) is 12.1 Å². The molecule has 27 heavy (non-hydrogen) atoms. The number of hydrogen-bond donors (Lipinski definition) is 2. The molecule has 0 atom stereocenters. The van der Waals surface area contributed by atoms with E-state index >= 15 is 0 Å². The molecule has 0 spiro atoms. The number of anilines is 1. The molecule has 0 unspecified atom stereocenters. The molecule has 0 aliphatic rings. The molecule has 148 valence electrons. The van der Waals surface area contributed by atoms with Gasteiger partial charge in [-0.15, -0.1) is 0 Å². The number of alkyl halides is 3. The Morgan fingerprint density at radius 2 is 1.85 bits per heavy atom. The van der Waals surface area contributed by atoms with E-state index in [1.807, 2.05) is 0 Å². The van der Waals surface area contributed by atoms with Crippen molar-refractivity contribution in [2.75, 3.05) is 11.3 Å². The fourth-order valence-corrected chi connectivity index (χ4v) is 2.55. The molecule has 0 aliphatic heterocycles. The van der Waals surface area contributed by atoms with Gasteiger partial charge in [-0.25, -0.2) is 8.42 Å². The number of halogens is 3. The van der Waals surface area contributed by atoms with Crippen molar-refractivity contribution < 1.29 is 26.4 Å². The number of nitriles is 1. The molecule has 0 fully saturated rings. The van der Waals surface area contributed by atoms with Crippen LogP contribution in [0.3, 0.4) is 0 Å². The maximum atomic E-state index is 13.0. The first-order valence-corrected chi connectivity index (χ1v) is 9.27. The Balaban J connectivity index is 3.26. The maximum absolute atomic E-state index is 13.0. The highest BCUT2D eigenvalue weighted by Gasteiger charge is 2.34. The summed E-state index contributed by atoms with van der Waals surface area (Å²) in [5.41, 5.74) is -1.64. The predicted octanol–water partition coefficient (Wildman–Crippen LogP) is 3.45. The highest BCUT2D eigenvalue weighted by atomic mass is 32.2. The molecule has 0 saturated carbocycles. The maximum Gasteiger partial charge on any atom is 0.416 e. The van der Waals surface area contributed by atoms with Crippen LogP contribution in [0.5, 0.6) is 0 Å². The van der Waals surface area contributed by atoms with Gasteiger partial charge in [-0.2, -0.15) is 18.4 Å². The molecule has 0 saturated heterocycles. The van der Waals surface area contributed by atoms with Crippen LogP contribution >= 0.6 is 0 Å². The average molecular weight is 403 g/mol. The zero-order valence-corrected chi connectivity index (χ0v) is 15.9. The van der Waals surface area contributed by atoms with E-state index in [9.17, 15) is 26.4 Å². The van der Waals surface area contributed by atoms with Crippen molar-refractivity contribution in [3.8, 4) is 6.07 Å². The standard InChI is InChI=1S/C17H20F3N3O3S/c1-11(10-21)7-8-22-15(24)13-9-12(17(18,19)20)5-6-14(13)23-27(25,26)16(2,3)4/h5-6,9,23H,1,7-8H2,2-4H3,(H,22,24). The molecule has 1 aromatic rings. The third-order valence-corrected chi connectivity index (χ3v) is 5.61. The monoisotopic (exact) mass is 403 g/mol. The Hall–Kier alpha value is -2.54. The van der Waals surface area contributed by atoms with Crippen LogP contribution in [-0.2, 0) is 16.2 Å². The van der Waals surface area contributed by atoms with Crippen LogP contribution in [0.1, 0.15) is 43.1 Å². The Labute approximate surface area is 156 Å². The lowest BCUT2D eigenvalue weighted by Crippen LogP contribution is -2.35. The third-order valence-electron chi connectivity index (χ3n) is 3.51. The Morgan fingerprint density at radius 1 is 1.26 bits per heavy atom. The summed E-state index contributed by atoms with van der Waals surface area (Å²) in [6.07, 6.45) is -4.59. The Morgan fingerprint density at radius 3 is 2.33 bits per heavy atom. The van der Waals surface area contributed by atoms with Crippen LogP contribution in [0.25, 0.3) is 0 Å². The molecule has 0 heterocycles. The van der Waals surface area contributed by atoms with Crippen molar-refractivity contribution in [1.82, 2.24) is 5.32 Å². The summed E-state index contributed by atoms with van der Waals surface area (Å²) >= 11 is 0. The molecule has 1 amide bonds. The number of carbonyl (C=O) groups is 1. The summed E-state index contributed by atoms with van der Waals surface area (Å²) in [6, 6.07) is 3.95. The first-order valence-electron chi connectivity index (χ1n) is 7.78. The fraction of sp³-hybridized carbons (Fsp3) is 0.412. The fourth-order valence-electron chi connectivity index (χ4n) is 1.77. The van der Waals surface area contributed by atoms with Crippen molar-refractivity contribution in [2.45, 2.75) is 38.1 Å². The summed E-state index contributed by atoms with van der Waals surface area (Å²) in [5, 5.41) is 11.0. The number of hydrogen-bond acceptors (Lipinski definition) is 4. The van der Waals surface area contributed by atoms with Gasteiger partial charge in [0, 0.05) is 12.1 Å². The average Bonchev–Trinajstić information content (AvgIpc) is 2.52. The van der Waals surface area contributed by atoms with Gasteiger partial charge in [-0.05, 0) is 45.4 Å². The van der Waals surface area contributed by atoms with Crippen LogP contribution in [0.15, 0.2) is 30.4 Å². The van der Waals surface area contributed by atoms with E-state index in [-0.39, 0.29) is 24.2 Å². The molecule has 1 rings (SSSR count). The smallest absolute Gasteiger partial charge is 0.352 e. The second-order valence-electron chi connectivity index (χ2n) is 6.70. The van der Waals surface area contributed by atoms with Crippen LogP contribution in [-0.4, -0.2) is 25.6 Å². The molecular formula is C17H20F3N3O3S. The summed E-state index contributed by atoms with van der Waals surface area (Å²) in [7, 11) is -3.96. The molecule has 1 aromatic carbocycles. The van der Waals surface area contributed by atoms with Gasteiger partial charge in [-0.1, -0.05) is 6.58 Å². The second-order valence-corrected chi connectivity index (χ2v) is 9.13. The topological polar surface area (TPSA) is 99.1 Å². The number of nitrogens with one attached hydrogen (secondary N) is 2. The molecule has 6 nitrogen and oxygen atoms in total. The van der Waals surface area contributed by atoms with Gasteiger partial charge in [0.25, 0.3) is 5.91 Å². The molecule has 0 bridgehead atoms. The van der Waals surface area contributed by atoms with Crippen molar-refractivity contribution >= 4 is 21.6 Å². The van der Waals surface area contributed by atoms with E-state index < -0.39 is 38.0 Å². The summed E-state index contributed by atoms with van der Waals surface area (Å²) in [6.45, 7) is 7.62. The number of amides is 1. The molecule has 2 N–H and O–H groups in total. The number of nitrogens with zero attached hydrogens (tertiary/aromatic N) is 1. The minimum Gasteiger partial charge on any atom is -0.352 e. The van der Waals surface area contributed by atoms with E-state index in [1.165, 1.54) is 20.8 Å². The summed E-state index contributed by atoms with van der Waals surface area (Å²) < 4.78 is 64.5. The molecule has 0 aromatic heterocycles. The predicted molar refractivity (Wildman–Crippen MR) is 95.4 cm³/mol. The summed E-state index contributed by atoms with van der Waals surface area (Å²) in [4.78, 5) is 12.3. The Bertz CT molecular complexity index is 879. The van der Waals surface area contributed by atoms with E-state index in [0.717, 1.165) is 6.07 Å². The zero-order valence-electron chi connectivity index (χ0n) is 15.1. The van der Waals surface area contributed by atoms with Gasteiger partial charge in [0.2, 0.25) is 10.0 Å². The van der Waals surface area contributed by atoms with Gasteiger partial charge in [0.1, 0.15) is 0 Å². The minimum atomic E-state index is -4.70. The number of sulfonamides is 1. The van der Waals surface area contributed by atoms with Crippen molar-refractivity contribution in [3.05, 3.63) is 41.5 Å². The lowest BCUT2D eigenvalue weighted by molar-refractivity contribution is -0.137. The minimum absolute atomic E-state index is 0.0348. The van der Waals surface area contributed by atoms with Gasteiger partial charge in [0.15, 0.2) is 0 Å². The van der Waals surface area contributed by atoms with E-state index in [2.05, 4.69) is 16.6 Å². The van der Waals surface area contributed by atoms with Crippen molar-refractivity contribution in [3.63, 3.8) is 0 Å². The molecule has 10 heteroatoms. The highest BCUT2D eigenvalue weighted by molar-refractivity contribution is 7.94. The number of rotatable bonds is 6. The Kier molecular flexibility index (Phi) is 6.67. The van der Waals surface area contributed by atoms with Crippen molar-refractivity contribution in [1.29, 1.82) is 5.26 Å². The first kappa shape index (κ1) is 22.5. The quantitative estimate of drug-likeness (QED) is 0.711. The van der Waals surface area contributed by atoms with Crippen LogP contribution in [0, 0.1) is 11.3 Å². The zero-order chi connectivity index (χ0) is 21.0. The number of benzene rings is 1. The van der Waals surface area contributed by atoms with Crippen LogP contribution < -0.4 is 10.0 Å². The SMILES string of the molecule is C=C(C#N)CCNC(=O)c1cc(C(F)(F)F)ccc1NS(=O)(=O)C(C)(C)C. The second kappa shape index (κ2) is 8.00. The van der Waals surface area contributed by atoms with E-state index in [4.69, 9.17) is 5.26 Å². The highest BCUT2D eigenvalue weighted by Crippen LogP contribution is 2.32. The summed E-state index contributed by atoms with van der Waals surface area (Å²) in [5.74, 6) is -0.904. The number of carbonyl (C=O) groups excluding carboxylic acids is 1. The van der Waals surface area contributed by atoms with Gasteiger partial charge in [-0.3, -0.25) is 9.52 Å². The molecule has 0 aliphatic carbocycles. The molecule has 0 radical (unpaired) electrons. The lowest BCUT2D eigenvalue weighted by atomic mass is 10.1. The normalized spacial score (nSPS) is 12.2. The first-order chi connectivity index (χ1) is 12.2.